The van der Waals surface area contributed by atoms with Crippen LogP contribution in [-0.2, 0) is 13.6 Å². The minimum atomic E-state index is 0.705. The lowest BCUT2D eigenvalue weighted by molar-refractivity contribution is 0.393. The highest BCUT2D eigenvalue weighted by Crippen LogP contribution is 2.32. The number of nitrogens with one attached hydrogen (secondary N) is 1. The molecule has 1 aromatic heterocycles. The van der Waals surface area contributed by atoms with Crippen LogP contribution in [0.4, 0.5) is 0 Å². The Kier molecular flexibility index (Phi) is 5.10. The predicted molar refractivity (Wildman–Crippen MR) is 78.9 cm³/mol. The van der Waals surface area contributed by atoms with Crippen molar-refractivity contribution in [1.82, 2.24) is 15.1 Å². The normalized spacial score (nSPS) is 23.8. The van der Waals surface area contributed by atoms with Gasteiger partial charge < -0.3 is 5.32 Å². The fourth-order valence-electron chi connectivity index (χ4n) is 2.83. The molecule has 1 aromatic rings. The number of halogens is 2. The van der Waals surface area contributed by atoms with Gasteiger partial charge in [0.05, 0.1) is 15.9 Å². The molecule has 0 spiro atoms. The predicted octanol–water partition coefficient (Wildman–Crippen LogP) is 3.24. The van der Waals surface area contributed by atoms with Crippen molar-refractivity contribution in [3.05, 3.63) is 15.9 Å². The van der Waals surface area contributed by atoms with E-state index in [0.29, 0.717) is 5.92 Å². The van der Waals surface area contributed by atoms with Crippen molar-refractivity contribution in [2.24, 2.45) is 18.9 Å². The number of alkyl halides is 1. The Hall–Kier alpha value is -0.0600. The van der Waals surface area contributed by atoms with E-state index < -0.39 is 0 Å². The second kappa shape index (κ2) is 6.40. The Bertz CT molecular complexity index is 405. The molecule has 1 aliphatic rings. The minimum Gasteiger partial charge on any atom is -0.311 e. The highest BCUT2D eigenvalue weighted by molar-refractivity contribution is 9.10. The third-order valence-electron chi connectivity index (χ3n) is 3.98. The molecule has 5 heteroatoms. The molecule has 2 rings (SSSR count). The quantitative estimate of drug-likeness (QED) is 0.838. The van der Waals surface area contributed by atoms with E-state index in [2.05, 4.69) is 26.3 Å². The average molecular weight is 335 g/mol. The number of nitrogens with zero attached hydrogens (tertiary/aromatic N) is 2. The molecule has 102 valence electrons. The maximum absolute atomic E-state index is 6.00. The smallest absolute Gasteiger partial charge is 0.0739 e. The molecule has 0 bridgehead atoms. The lowest BCUT2D eigenvalue weighted by Gasteiger charge is -2.17. The standard InChI is InChI=1S/C13H21BrClN3/c1-9-13(14)12(18(2)17-9)8-16-7-11-5-3-4-10(11)6-15/h10-11,16H,3-8H2,1-2H3. The molecular formula is C13H21BrClN3. The van der Waals surface area contributed by atoms with E-state index in [4.69, 9.17) is 11.6 Å². The Morgan fingerprint density at radius 3 is 2.78 bits per heavy atom. The molecule has 2 unspecified atom stereocenters. The summed E-state index contributed by atoms with van der Waals surface area (Å²) in [5, 5.41) is 7.95. The van der Waals surface area contributed by atoms with E-state index in [-0.39, 0.29) is 0 Å². The SMILES string of the molecule is Cc1nn(C)c(CNCC2CCCC2CCl)c1Br. The number of aryl methyl sites for hydroxylation is 2. The van der Waals surface area contributed by atoms with E-state index in [9.17, 15) is 0 Å². The van der Waals surface area contributed by atoms with E-state index >= 15 is 0 Å². The lowest BCUT2D eigenvalue weighted by Crippen LogP contribution is -2.26. The van der Waals surface area contributed by atoms with Crippen LogP contribution >= 0.6 is 27.5 Å². The third-order valence-corrected chi connectivity index (χ3v) is 5.40. The molecule has 1 fully saturated rings. The number of hydrogen-bond acceptors (Lipinski definition) is 2. The van der Waals surface area contributed by atoms with Crippen LogP contribution in [0.1, 0.15) is 30.7 Å². The lowest BCUT2D eigenvalue weighted by atomic mass is 9.98. The average Bonchev–Trinajstić information content (AvgIpc) is 2.89. The fourth-order valence-corrected chi connectivity index (χ4v) is 3.72. The molecule has 0 saturated heterocycles. The molecule has 0 radical (unpaired) electrons. The summed E-state index contributed by atoms with van der Waals surface area (Å²) in [6, 6.07) is 0. The maximum atomic E-state index is 6.00. The zero-order chi connectivity index (χ0) is 13.1. The van der Waals surface area contributed by atoms with Crippen LogP contribution in [0.25, 0.3) is 0 Å². The van der Waals surface area contributed by atoms with Crippen LogP contribution in [0.2, 0.25) is 0 Å². The first kappa shape index (κ1) is 14.4. The summed E-state index contributed by atoms with van der Waals surface area (Å²) < 4.78 is 3.07. The van der Waals surface area contributed by atoms with Gasteiger partial charge in [-0.3, -0.25) is 4.68 Å². The molecular weight excluding hydrogens is 314 g/mol. The molecule has 1 aliphatic carbocycles. The first-order valence-electron chi connectivity index (χ1n) is 6.58. The van der Waals surface area contributed by atoms with Gasteiger partial charge in [0.25, 0.3) is 0 Å². The van der Waals surface area contributed by atoms with Crippen molar-refractivity contribution in [3.63, 3.8) is 0 Å². The summed E-state index contributed by atoms with van der Waals surface area (Å²) in [6.07, 6.45) is 3.94. The van der Waals surface area contributed by atoms with Crippen LogP contribution < -0.4 is 5.32 Å². The molecule has 1 saturated carbocycles. The molecule has 0 aromatic carbocycles. The Labute approximate surface area is 122 Å². The highest BCUT2D eigenvalue weighted by atomic mass is 79.9. The van der Waals surface area contributed by atoms with Gasteiger partial charge in [-0.25, -0.2) is 0 Å². The van der Waals surface area contributed by atoms with Gasteiger partial charge in [0.2, 0.25) is 0 Å². The molecule has 2 atom stereocenters. The van der Waals surface area contributed by atoms with Crippen LogP contribution in [0.15, 0.2) is 4.47 Å². The van der Waals surface area contributed by atoms with Crippen LogP contribution in [0.3, 0.4) is 0 Å². The topological polar surface area (TPSA) is 29.9 Å². The summed E-state index contributed by atoms with van der Waals surface area (Å²) in [6.45, 7) is 3.95. The van der Waals surface area contributed by atoms with Gasteiger partial charge in [-0.1, -0.05) is 6.42 Å². The van der Waals surface area contributed by atoms with E-state index in [1.807, 2.05) is 18.7 Å². The van der Waals surface area contributed by atoms with E-state index in [1.54, 1.807) is 0 Å². The van der Waals surface area contributed by atoms with Crippen LogP contribution in [0.5, 0.6) is 0 Å². The largest absolute Gasteiger partial charge is 0.311 e. The van der Waals surface area contributed by atoms with Gasteiger partial charge in [0.1, 0.15) is 0 Å². The highest BCUT2D eigenvalue weighted by Gasteiger charge is 2.26. The Balaban J connectivity index is 1.85. The second-order valence-corrected chi connectivity index (χ2v) is 6.31. The van der Waals surface area contributed by atoms with Crippen molar-refractivity contribution in [2.45, 2.75) is 32.7 Å². The van der Waals surface area contributed by atoms with E-state index in [1.165, 1.54) is 25.0 Å². The molecule has 0 amide bonds. The summed E-state index contributed by atoms with van der Waals surface area (Å²) in [7, 11) is 1.99. The van der Waals surface area contributed by atoms with Crippen molar-refractivity contribution < 1.29 is 0 Å². The monoisotopic (exact) mass is 333 g/mol. The summed E-state index contributed by atoms with van der Waals surface area (Å²) >= 11 is 9.60. The third kappa shape index (κ3) is 3.09. The van der Waals surface area contributed by atoms with E-state index in [0.717, 1.165) is 35.1 Å². The zero-order valence-corrected chi connectivity index (χ0v) is 13.4. The Morgan fingerprint density at radius 1 is 1.44 bits per heavy atom. The van der Waals surface area contributed by atoms with Crippen molar-refractivity contribution in [2.75, 3.05) is 12.4 Å². The van der Waals surface area contributed by atoms with Gasteiger partial charge in [-0.15, -0.1) is 11.6 Å². The molecule has 0 aliphatic heterocycles. The molecule has 3 nitrogen and oxygen atoms in total. The summed E-state index contributed by atoms with van der Waals surface area (Å²) in [5.74, 6) is 2.26. The minimum absolute atomic E-state index is 0.705. The van der Waals surface area contributed by atoms with Gasteiger partial charge in [-0.05, 0) is 54.1 Å². The Morgan fingerprint density at radius 2 is 2.17 bits per heavy atom. The molecule has 18 heavy (non-hydrogen) atoms. The number of aromatic nitrogens is 2. The van der Waals surface area contributed by atoms with Crippen molar-refractivity contribution >= 4 is 27.5 Å². The fraction of sp³-hybridized carbons (Fsp3) is 0.769. The summed E-state index contributed by atoms with van der Waals surface area (Å²) in [5.41, 5.74) is 2.27. The summed E-state index contributed by atoms with van der Waals surface area (Å²) in [4.78, 5) is 0. The van der Waals surface area contributed by atoms with Crippen molar-refractivity contribution in [1.29, 1.82) is 0 Å². The van der Waals surface area contributed by atoms with Gasteiger partial charge in [-0.2, -0.15) is 5.10 Å². The number of rotatable bonds is 5. The second-order valence-electron chi connectivity index (χ2n) is 5.21. The molecule has 1 N–H and O–H groups in total. The van der Waals surface area contributed by atoms with Gasteiger partial charge in [0.15, 0.2) is 0 Å². The number of hydrogen-bond donors (Lipinski definition) is 1. The zero-order valence-electron chi connectivity index (χ0n) is 11.0. The van der Waals surface area contributed by atoms with Crippen molar-refractivity contribution in [3.8, 4) is 0 Å². The molecule has 1 heterocycles. The van der Waals surface area contributed by atoms with Gasteiger partial charge in [0, 0.05) is 19.5 Å². The van der Waals surface area contributed by atoms with Crippen LogP contribution in [0, 0.1) is 18.8 Å². The van der Waals surface area contributed by atoms with Crippen LogP contribution in [-0.4, -0.2) is 22.2 Å². The van der Waals surface area contributed by atoms with Gasteiger partial charge >= 0.3 is 0 Å². The first-order chi connectivity index (χ1) is 8.63. The first-order valence-corrected chi connectivity index (χ1v) is 7.91. The maximum Gasteiger partial charge on any atom is 0.0739 e.